The van der Waals surface area contributed by atoms with Gasteiger partial charge in [-0.25, -0.2) is 0 Å². The van der Waals surface area contributed by atoms with Crippen LogP contribution in [0.2, 0.25) is 4.34 Å². The van der Waals surface area contributed by atoms with Crippen molar-refractivity contribution in [1.82, 2.24) is 0 Å². The number of benzene rings is 1. The predicted octanol–water partition coefficient (Wildman–Crippen LogP) is 3.73. The zero-order valence-corrected chi connectivity index (χ0v) is 8.54. The van der Waals surface area contributed by atoms with Gasteiger partial charge in [0.25, 0.3) is 0 Å². The maximum Gasteiger partial charge on any atom is 0.0991 e. The molecule has 3 heteroatoms. The average Bonchev–Trinajstić information content (AvgIpc) is 2.43. The Hall–Kier alpha value is -1.04. The summed E-state index contributed by atoms with van der Waals surface area (Å²) < 4.78 is 1.95. The van der Waals surface area contributed by atoms with E-state index < -0.39 is 0 Å². The molecule has 0 aliphatic heterocycles. The SMILES string of the molecule is Cc1c(Cl)sc2ccc(C#N)cc12. The number of nitrogens with zero attached hydrogens (tertiary/aromatic N) is 1. The van der Waals surface area contributed by atoms with E-state index in [1.54, 1.807) is 11.3 Å². The van der Waals surface area contributed by atoms with Crippen molar-refractivity contribution in [3.05, 3.63) is 33.7 Å². The number of aryl methyl sites for hydroxylation is 1. The van der Waals surface area contributed by atoms with Gasteiger partial charge < -0.3 is 0 Å². The number of halogens is 1. The minimum absolute atomic E-state index is 0.685. The quantitative estimate of drug-likeness (QED) is 0.646. The summed E-state index contributed by atoms with van der Waals surface area (Å²) in [5, 5.41) is 9.81. The van der Waals surface area contributed by atoms with Gasteiger partial charge >= 0.3 is 0 Å². The lowest BCUT2D eigenvalue weighted by Gasteiger charge is -1.91. The molecule has 0 radical (unpaired) electrons. The zero-order chi connectivity index (χ0) is 9.42. The third-order valence-electron chi connectivity index (χ3n) is 2.01. The van der Waals surface area contributed by atoms with Crippen LogP contribution in [0.3, 0.4) is 0 Å². The number of nitriles is 1. The number of thiophene rings is 1. The van der Waals surface area contributed by atoms with Gasteiger partial charge in [0.2, 0.25) is 0 Å². The number of rotatable bonds is 0. The van der Waals surface area contributed by atoms with Gasteiger partial charge in [-0.3, -0.25) is 0 Å². The van der Waals surface area contributed by atoms with E-state index >= 15 is 0 Å². The number of fused-ring (bicyclic) bond motifs is 1. The van der Waals surface area contributed by atoms with Crippen LogP contribution in [0.1, 0.15) is 11.1 Å². The molecule has 0 atom stereocenters. The summed E-state index contributed by atoms with van der Waals surface area (Å²) in [6.45, 7) is 1.97. The number of hydrogen-bond donors (Lipinski definition) is 0. The Kier molecular flexibility index (Phi) is 1.99. The molecule has 0 spiro atoms. The normalized spacial score (nSPS) is 10.2. The van der Waals surface area contributed by atoms with Gasteiger partial charge in [-0.05, 0) is 36.1 Å². The first kappa shape index (κ1) is 8.55. The fourth-order valence-corrected chi connectivity index (χ4v) is 2.53. The summed E-state index contributed by atoms with van der Waals surface area (Å²) in [4.78, 5) is 0. The Morgan fingerprint density at radius 1 is 1.46 bits per heavy atom. The first-order valence-electron chi connectivity index (χ1n) is 3.81. The van der Waals surface area contributed by atoms with Crippen molar-refractivity contribution in [1.29, 1.82) is 5.26 Å². The largest absolute Gasteiger partial charge is 0.192 e. The molecule has 2 rings (SSSR count). The van der Waals surface area contributed by atoms with Crippen LogP contribution in [-0.2, 0) is 0 Å². The van der Waals surface area contributed by atoms with E-state index in [0.29, 0.717) is 5.56 Å². The Labute approximate surface area is 85.2 Å². The molecule has 0 saturated carbocycles. The fourth-order valence-electron chi connectivity index (χ4n) is 1.26. The summed E-state index contributed by atoms with van der Waals surface area (Å²) in [6.07, 6.45) is 0. The van der Waals surface area contributed by atoms with E-state index in [0.717, 1.165) is 20.0 Å². The lowest BCUT2D eigenvalue weighted by molar-refractivity contribution is 1.49. The lowest BCUT2D eigenvalue weighted by Crippen LogP contribution is -1.73. The molecule has 1 heterocycles. The molecular weight excluding hydrogens is 202 g/mol. The smallest absolute Gasteiger partial charge is 0.0991 e. The predicted molar refractivity (Wildman–Crippen MR) is 56.3 cm³/mol. The maximum absolute atomic E-state index is 8.72. The van der Waals surface area contributed by atoms with E-state index in [4.69, 9.17) is 16.9 Å². The molecule has 0 aliphatic rings. The molecule has 13 heavy (non-hydrogen) atoms. The van der Waals surface area contributed by atoms with E-state index in [-0.39, 0.29) is 0 Å². The van der Waals surface area contributed by atoms with Crippen LogP contribution < -0.4 is 0 Å². The minimum Gasteiger partial charge on any atom is -0.192 e. The summed E-state index contributed by atoms with van der Waals surface area (Å²) >= 11 is 7.54. The molecule has 1 aromatic carbocycles. The highest BCUT2D eigenvalue weighted by Gasteiger charge is 2.06. The average molecular weight is 208 g/mol. The van der Waals surface area contributed by atoms with Gasteiger partial charge in [0.1, 0.15) is 0 Å². The van der Waals surface area contributed by atoms with E-state index in [2.05, 4.69) is 6.07 Å². The maximum atomic E-state index is 8.72. The van der Waals surface area contributed by atoms with Crippen molar-refractivity contribution in [2.75, 3.05) is 0 Å². The fraction of sp³-hybridized carbons (Fsp3) is 0.100. The molecule has 0 aliphatic carbocycles. The van der Waals surface area contributed by atoms with Crippen molar-refractivity contribution in [2.45, 2.75) is 6.92 Å². The lowest BCUT2D eigenvalue weighted by atomic mass is 10.1. The standard InChI is InChI=1S/C10H6ClNS/c1-6-8-4-7(5-12)2-3-9(8)13-10(6)11/h2-4H,1H3. The molecule has 1 nitrogen and oxygen atoms in total. The summed E-state index contributed by atoms with van der Waals surface area (Å²) in [5.74, 6) is 0. The minimum atomic E-state index is 0.685. The van der Waals surface area contributed by atoms with Crippen LogP contribution in [0.15, 0.2) is 18.2 Å². The zero-order valence-electron chi connectivity index (χ0n) is 6.97. The number of hydrogen-bond acceptors (Lipinski definition) is 2. The Morgan fingerprint density at radius 2 is 2.23 bits per heavy atom. The molecule has 0 bridgehead atoms. The molecule has 1 aromatic heterocycles. The first-order valence-corrected chi connectivity index (χ1v) is 5.00. The topological polar surface area (TPSA) is 23.8 Å². The van der Waals surface area contributed by atoms with Crippen molar-refractivity contribution < 1.29 is 0 Å². The highest BCUT2D eigenvalue weighted by molar-refractivity contribution is 7.22. The molecular formula is C10H6ClNS. The Balaban J connectivity index is 2.84. The van der Waals surface area contributed by atoms with E-state index in [9.17, 15) is 0 Å². The first-order chi connectivity index (χ1) is 6.22. The van der Waals surface area contributed by atoms with Gasteiger partial charge in [0.05, 0.1) is 16.0 Å². The van der Waals surface area contributed by atoms with Crippen molar-refractivity contribution >= 4 is 33.0 Å². The monoisotopic (exact) mass is 207 g/mol. The Morgan fingerprint density at radius 3 is 2.92 bits per heavy atom. The second kappa shape index (κ2) is 3.02. The van der Waals surface area contributed by atoms with Crippen LogP contribution >= 0.6 is 22.9 Å². The van der Waals surface area contributed by atoms with Crippen molar-refractivity contribution in [3.63, 3.8) is 0 Å². The second-order valence-corrected chi connectivity index (χ2v) is 4.48. The van der Waals surface area contributed by atoms with Crippen LogP contribution in [0.25, 0.3) is 10.1 Å². The van der Waals surface area contributed by atoms with Crippen molar-refractivity contribution in [2.24, 2.45) is 0 Å². The van der Waals surface area contributed by atoms with Crippen LogP contribution in [0.5, 0.6) is 0 Å². The molecule has 0 N–H and O–H groups in total. The van der Waals surface area contributed by atoms with Gasteiger partial charge in [0.15, 0.2) is 0 Å². The highest BCUT2D eigenvalue weighted by Crippen LogP contribution is 2.34. The van der Waals surface area contributed by atoms with Gasteiger partial charge in [-0.1, -0.05) is 11.6 Å². The molecule has 0 saturated heterocycles. The van der Waals surface area contributed by atoms with Gasteiger partial charge in [-0.2, -0.15) is 5.26 Å². The summed E-state index contributed by atoms with van der Waals surface area (Å²) in [6, 6.07) is 7.76. The third-order valence-corrected chi connectivity index (χ3v) is 3.58. The van der Waals surface area contributed by atoms with Crippen molar-refractivity contribution in [3.8, 4) is 6.07 Å². The van der Waals surface area contributed by atoms with Crippen LogP contribution in [-0.4, -0.2) is 0 Å². The third kappa shape index (κ3) is 1.31. The van der Waals surface area contributed by atoms with Gasteiger partial charge in [-0.15, -0.1) is 11.3 Å². The van der Waals surface area contributed by atoms with E-state index in [1.807, 2.05) is 25.1 Å². The molecule has 64 valence electrons. The molecule has 0 fully saturated rings. The highest BCUT2D eigenvalue weighted by atomic mass is 35.5. The van der Waals surface area contributed by atoms with Crippen LogP contribution in [0.4, 0.5) is 0 Å². The van der Waals surface area contributed by atoms with Crippen LogP contribution in [0, 0.1) is 18.3 Å². The van der Waals surface area contributed by atoms with Gasteiger partial charge in [0, 0.05) is 4.70 Å². The second-order valence-electron chi connectivity index (χ2n) is 2.82. The summed E-state index contributed by atoms with van der Waals surface area (Å²) in [5.41, 5.74) is 1.75. The molecule has 0 unspecified atom stereocenters. The van der Waals surface area contributed by atoms with E-state index in [1.165, 1.54) is 0 Å². The molecule has 0 amide bonds. The Bertz CT molecular complexity index is 507. The summed E-state index contributed by atoms with van der Waals surface area (Å²) in [7, 11) is 0. The molecule has 2 aromatic rings.